The highest BCUT2D eigenvalue weighted by Crippen LogP contribution is 2.14. The lowest BCUT2D eigenvalue weighted by Crippen LogP contribution is -2.20. The van der Waals surface area contributed by atoms with E-state index in [-0.39, 0.29) is 0 Å². The van der Waals surface area contributed by atoms with Crippen LogP contribution in [0.3, 0.4) is 0 Å². The molecule has 2 nitrogen and oxygen atoms in total. The third kappa shape index (κ3) is 5.64. The zero-order chi connectivity index (χ0) is 6.78. The predicted molar refractivity (Wildman–Crippen MR) is 12.7 cm³/mol. The molecule has 49 valence electrons. The van der Waals surface area contributed by atoms with Crippen LogP contribution in [0.2, 0.25) is 0 Å². The summed E-state index contributed by atoms with van der Waals surface area (Å²) in [6.07, 6.45) is -4.98. The summed E-state index contributed by atoms with van der Waals surface area (Å²) in [6, 6.07) is 0. The lowest BCUT2D eigenvalue weighted by molar-refractivity contribution is -0.442. The van der Waals surface area contributed by atoms with Crippen molar-refractivity contribution in [3.8, 4) is 0 Å². The molecule has 0 saturated carbocycles. The molecule has 0 saturated heterocycles. The van der Waals surface area contributed by atoms with Gasteiger partial charge in [-0.25, -0.2) is 4.74 Å². The van der Waals surface area contributed by atoms with E-state index in [0.29, 0.717) is 0 Å². The van der Waals surface area contributed by atoms with E-state index >= 15 is 0 Å². The molecule has 0 atom stereocenters. The van der Waals surface area contributed by atoms with E-state index in [1.165, 1.54) is 0 Å². The molecule has 0 heterocycles. The molecule has 0 aliphatic heterocycles. The van der Waals surface area contributed by atoms with Crippen LogP contribution in [-0.2, 0) is 9.84 Å². The second-order valence-electron chi connectivity index (χ2n) is 0.842. The standard InChI is InChI=1S/C2HF4O2/c3-1(4)8-2(5,6)7/h1H. The Labute approximate surface area is 41.7 Å². The summed E-state index contributed by atoms with van der Waals surface area (Å²) in [4.78, 5) is 0. The lowest BCUT2D eigenvalue weighted by atomic mass is 11.2. The lowest BCUT2D eigenvalue weighted by Gasteiger charge is -2.03. The van der Waals surface area contributed by atoms with Gasteiger partial charge in [0, 0.05) is 0 Å². The van der Waals surface area contributed by atoms with Crippen LogP contribution in [-0.4, -0.2) is 12.9 Å². The molecule has 0 aromatic heterocycles. The number of alkyl halides is 4. The van der Waals surface area contributed by atoms with E-state index in [9.17, 15) is 17.6 Å². The maximum atomic E-state index is 10.7. The smallest absolute Gasteiger partial charge is 0.230 e. The van der Waals surface area contributed by atoms with Crippen LogP contribution in [0.25, 0.3) is 0 Å². The monoisotopic (exact) mass is 133 g/mol. The van der Waals surface area contributed by atoms with E-state index in [2.05, 4.69) is 4.74 Å². The Morgan fingerprint density at radius 3 is 1.75 bits per heavy atom. The number of rotatable bonds is 2. The van der Waals surface area contributed by atoms with Gasteiger partial charge in [0.05, 0.1) is 0 Å². The van der Waals surface area contributed by atoms with E-state index in [0.717, 1.165) is 0 Å². The molecular weight excluding hydrogens is 132 g/mol. The SMILES string of the molecule is [O]C(F)(F)OC(F)F. The van der Waals surface area contributed by atoms with E-state index in [1.807, 2.05) is 0 Å². The number of ether oxygens (including phenoxy) is 1. The van der Waals surface area contributed by atoms with Gasteiger partial charge in [0.1, 0.15) is 0 Å². The quantitative estimate of drug-likeness (QED) is 0.411. The maximum absolute atomic E-state index is 10.7. The van der Waals surface area contributed by atoms with E-state index < -0.39 is 12.9 Å². The minimum atomic E-state index is -4.98. The third-order valence-corrected chi connectivity index (χ3v) is 0.226. The number of hydrogen-bond acceptors (Lipinski definition) is 1. The summed E-state index contributed by atoms with van der Waals surface area (Å²) in [7, 11) is 0. The summed E-state index contributed by atoms with van der Waals surface area (Å²) in [5.41, 5.74) is 0. The van der Waals surface area contributed by atoms with Crippen LogP contribution in [0, 0.1) is 0 Å². The van der Waals surface area contributed by atoms with Crippen molar-refractivity contribution < 1.29 is 27.4 Å². The Morgan fingerprint density at radius 1 is 1.38 bits per heavy atom. The zero-order valence-corrected chi connectivity index (χ0v) is 3.41. The van der Waals surface area contributed by atoms with E-state index in [4.69, 9.17) is 5.11 Å². The molecule has 0 amide bonds. The van der Waals surface area contributed by atoms with Gasteiger partial charge in [0.25, 0.3) is 0 Å². The highest BCUT2D eigenvalue weighted by molar-refractivity contribution is 4.20. The third-order valence-electron chi connectivity index (χ3n) is 0.226. The van der Waals surface area contributed by atoms with Gasteiger partial charge in [-0.3, -0.25) is 0 Å². The molecule has 0 aromatic carbocycles. The molecule has 1 radical (unpaired) electrons. The average Bonchev–Trinajstić information content (AvgIpc) is 1.21. The van der Waals surface area contributed by atoms with Crippen LogP contribution in [0.4, 0.5) is 17.6 Å². The van der Waals surface area contributed by atoms with Gasteiger partial charge in [-0.2, -0.15) is 8.78 Å². The van der Waals surface area contributed by atoms with Crippen LogP contribution >= 0.6 is 0 Å². The van der Waals surface area contributed by atoms with Crippen LogP contribution in [0.1, 0.15) is 0 Å². The molecular formula is C2HF4O2. The van der Waals surface area contributed by atoms with Crippen LogP contribution in [0.15, 0.2) is 0 Å². The second kappa shape index (κ2) is 2.27. The summed E-state index contributed by atoms with van der Waals surface area (Å²) in [5, 5.41) is 8.88. The summed E-state index contributed by atoms with van der Waals surface area (Å²) in [5.74, 6) is 0. The van der Waals surface area contributed by atoms with E-state index in [1.54, 1.807) is 0 Å². The van der Waals surface area contributed by atoms with Crippen molar-refractivity contribution in [1.29, 1.82) is 0 Å². The fourth-order valence-corrected chi connectivity index (χ4v) is 0.104. The molecule has 0 spiro atoms. The van der Waals surface area contributed by atoms with Gasteiger partial charge in [-0.15, -0.1) is 13.9 Å². The van der Waals surface area contributed by atoms with Gasteiger partial charge in [-0.05, 0) is 0 Å². The van der Waals surface area contributed by atoms with Gasteiger partial charge in [-0.1, -0.05) is 0 Å². The fraction of sp³-hybridized carbons (Fsp3) is 1.00. The van der Waals surface area contributed by atoms with Crippen molar-refractivity contribution in [3.63, 3.8) is 0 Å². The number of halogens is 4. The Kier molecular flexibility index (Phi) is 2.17. The topological polar surface area (TPSA) is 29.1 Å². The van der Waals surface area contributed by atoms with Crippen molar-refractivity contribution >= 4 is 0 Å². The molecule has 0 N–H and O–H groups in total. The normalized spacial score (nSPS) is 12.8. The summed E-state index contributed by atoms with van der Waals surface area (Å²) in [6.45, 7) is -3.72. The highest BCUT2D eigenvalue weighted by atomic mass is 19.3. The Balaban J connectivity index is 3.39. The van der Waals surface area contributed by atoms with Gasteiger partial charge < -0.3 is 0 Å². The summed E-state index contributed by atoms with van der Waals surface area (Å²) >= 11 is 0. The van der Waals surface area contributed by atoms with Crippen molar-refractivity contribution in [2.75, 3.05) is 0 Å². The minimum Gasteiger partial charge on any atom is -0.230 e. The number of hydrogen-bond donors (Lipinski definition) is 0. The Bertz CT molecular complexity index is 66.9. The van der Waals surface area contributed by atoms with Gasteiger partial charge >= 0.3 is 12.9 Å². The van der Waals surface area contributed by atoms with Crippen molar-refractivity contribution in [2.24, 2.45) is 0 Å². The first-order chi connectivity index (χ1) is 3.42. The molecule has 0 aliphatic rings. The molecule has 8 heavy (non-hydrogen) atoms. The van der Waals surface area contributed by atoms with Crippen molar-refractivity contribution in [2.45, 2.75) is 12.9 Å². The molecule has 0 aromatic rings. The molecule has 0 rings (SSSR count). The van der Waals surface area contributed by atoms with Crippen LogP contribution < -0.4 is 0 Å². The van der Waals surface area contributed by atoms with Crippen molar-refractivity contribution in [1.82, 2.24) is 0 Å². The second-order valence-corrected chi connectivity index (χ2v) is 0.842. The van der Waals surface area contributed by atoms with Crippen LogP contribution in [0.5, 0.6) is 0 Å². The predicted octanol–water partition coefficient (Wildman–Crippen LogP) is 1.21. The van der Waals surface area contributed by atoms with Gasteiger partial charge in [0.15, 0.2) is 0 Å². The summed E-state index contributed by atoms with van der Waals surface area (Å²) < 4.78 is 44.9. The first-order valence-electron chi connectivity index (χ1n) is 1.46. The first-order valence-corrected chi connectivity index (χ1v) is 1.46. The Morgan fingerprint density at radius 2 is 1.75 bits per heavy atom. The maximum Gasteiger partial charge on any atom is 0.517 e. The molecule has 0 fully saturated rings. The largest absolute Gasteiger partial charge is 0.517 e. The highest BCUT2D eigenvalue weighted by Gasteiger charge is 2.33. The fourth-order valence-electron chi connectivity index (χ4n) is 0.104. The molecule has 0 unspecified atom stereocenters. The van der Waals surface area contributed by atoms with Gasteiger partial charge in [0.2, 0.25) is 0 Å². The minimum absolute atomic E-state index is 2.22. The zero-order valence-electron chi connectivity index (χ0n) is 3.41. The Hall–Kier alpha value is -0.360. The average molecular weight is 133 g/mol. The van der Waals surface area contributed by atoms with Crippen molar-refractivity contribution in [3.05, 3.63) is 0 Å². The molecule has 6 heteroatoms. The first kappa shape index (κ1) is 7.64. The molecule has 0 aliphatic carbocycles. The molecule has 0 bridgehead atoms.